The van der Waals surface area contributed by atoms with Gasteiger partial charge in [-0.05, 0) is 45.8 Å². The van der Waals surface area contributed by atoms with E-state index in [2.05, 4.69) is 29.2 Å². The van der Waals surface area contributed by atoms with Gasteiger partial charge in [-0.3, -0.25) is 0 Å². The Kier molecular flexibility index (Phi) is 6.62. The first kappa shape index (κ1) is 15.3. The van der Waals surface area contributed by atoms with E-state index >= 15 is 0 Å². The molecule has 3 heteroatoms. The lowest BCUT2D eigenvalue weighted by Crippen LogP contribution is -2.37. The average molecular weight is 267 g/mol. The van der Waals surface area contributed by atoms with E-state index in [0.717, 1.165) is 12.0 Å². The lowest BCUT2D eigenvalue weighted by molar-refractivity contribution is 0.267. The molecule has 2 aliphatic rings. The molecule has 1 atom stereocenters. The third-order valence-electron chi connectivity index (χ3n) is 4.84. The maximum atomic E-state index is 3.77. The number of likely N-dealkylation sites (tertiary alicyclic amines) is 1. The van der Waals surface area contributed by atoms with E-state index in [1.807, 2.05) is 0 Å². The maximum Gasteiger partial charge on any atom is 0.0104 e. The molecule has 0 spiro atoms. The molecule has 0 aromatic heterocycles. The van der Waals surface area contributed by atoms with Gasteiger partial charge in [-0.15, -0.1) is 0 Å². The average Bonchev–Trinajstić information content (AvgIpc) is 2.65. The minimum absolute atomic E-state index is 0.800. The summed E-state index contributed by atoms with van der Waals surface area (Å²) in [4.78, 5) is 4.98. The van der Waals surface area contributed by atoms with Crippen molar-refractivity contribution in [1.29, 1.82) is 0 Å². The predicted molar refractivity (Wildman–Crippen MR) is 82.6 cm³/mol. The van der Waals surface area contributed by atoms with Crippen molar-refractivity contribution < 1.29 is 0 Å². The van der Waals surface area contributed by atoms with Crippen LogP contribution < -0.4 is 5.32 Å². The Morgan fingerprint density at radius 2 is 1.84 bits per heavy atom. The van der Waals surface area contributed by atoms with Crippen LogP contribution in [0.25, 0.3) is 0 Å². The monoisotopic (exact) mass is 267 g/mol. The van der Waals surface area contributed by atoms with E-state index < -0.39 is 0 Å². The third-order valence-corrected chi connectivity index (χ3v) is 4.84. The van der Waals surface area contributed by atoms with Crippen LogP contribution in [-0.4, -0.2) is 62.7 Å². The second-order valence-corrected chi connectivity index (χ2v) is 6.82. The van der Waals surface area contributed by atoms with Crippen LogP contribution in [0.4, 0.5) is 0 Å². The maximum absolute atomic E-state index is 3.77. The molecule has 0 radical (unpaired) electrons. The quantitative estimate of drug-likeness (QED) is 0.744. The molecule has 1 aliphatic carbocycles. The molecule has 0 amide bonds. The van der Waals surface area contributed by atoms with Gasteiger partial charge < -0.3 is 15.1 Å². The van der Waals surface area contributed by atoms with Crippen LogP contribution in [0, 0.1) is 5.92 Å². The van der Waals surface area contributed by atoms with Crippen LogP contribution >= 0.6 is 0 Å². The molecule has 3 nitrogen and oxygen atoms in total. The van der Waals surface area contributed by atoms with Gasteiger partial charge >= 0.3 is 0 Å². The second-order valence-electron chi connectivity index (χ2n) is 6.82. The predicted octanol–water partition coefficient (Wildman–Crippen LogP) is 2.18. The third kappa shape index (κ3) is 5.80. The number of hydrogen-bond acceptors (Lipinski definition) is 3. The SMILES string of the molecule is CN(CCNC1CCCCCC1)CC1CCN(C)C1. The topological polar surface area (TPSA) is 18.5 Å². The molecule has 0 bridgehead atoms. The van der Waals surface area contributed by atoms with Crippen LogP contribution in [0.15, 0.2) is 0 Å². The van der Waals surface area contributed by atoms with Crippen molar-refractivity contribution in [3.63, 3.8) is 0 Å². The highest BCUT2D eigenvalue weighted by atomic mass is 15.2. The summed E-state index contributed by atoms with van der Waals surface area (Å²) in [5, 5.41) is 3.77. The van der Waals surface area contributed by atoms with Crippen LogP contribution in [0.2, 0.25) is 0 Å². The van der Waals surface area contributed by atoms with Crippen molar-refractivity contribution in [3.05, 3.63) is 0 Å². The minimum Gasteiger partial charge on any atom is -0.313 e. The summed E-state index contributed by atoms with van der Waals surface area (Å²) >= 11 is 0. The van der Waals surface area contributed by atoms with E-state index in [9.17, 15) is 0 Å². The highest BCUT2D eigenvalue weighted by Crippen LogP contribution is 2.17. The Labute approximate surface area is 119 Å². The molecular formula is C16H33N3. The fraction of sp³-hybridized carbons (Fsp3) is 1.00. The molecule has 0 aromatic rings. The zero-order chi connectivity index (χ0) is 13.5. The normalized spacial score (nSPS) is 27.0. The number of likely N-dealkylation sites (N-methyl/N-ethyl adjacent to an activating group) is 1. The standard InChI is InChI=1S/C16H33N3/c1-18-11-9-15(13-18)14-19(2)12-10-17-16-7-5-3-4-6-8-16/h15-17H,3-14H2,1-2H3. The van der Waals surface area contributed by atoms with E-state index in [0.29, 0.717) is 0 Å². The van der Waals surface area contributed by atoms with Gasteiger partial charge in [0.2, 0.25) is 0 Å². The summed E-state index contributed by atoms with van der Waals surface area (Å²) in [6.07, 6.45) is 9.95. The molecule has 1 aliphatic heterocycles. The van der Waals surface area contributed by atoms with Gasteiger partial charge in [0.05, 0.1) is 0 Å². The van der Waals surface area contributed by atoms with Crippen molar-refractivity contribution >= 4 is 0 Å². The molecular weight excluding hydrogens is 234 g/mol. The summed E-state index contributed by atoms with van der Waals surface area (Å²) in [6.45, 7) is 6.23. The van der Waals surface area contributed by atoms with Crippen LogP contribution in [0.3, 0.4) is 0 Å². The lowest BCUT2D eigenvalue weighted by atomic mass is 10.1. The zero-order valence-corrected chi connectivity index (χ0v) is 13.0. The fourth-order valence-corrected chi connectivity index (χ4v) is 3.65. The molecule has 0 aromatic carbocycles. The van der Waals surface area contributed by atoms with Gasteiger partial charge in [0.15, 0.2) is 0 Å². The van der Waals surface area contributed by atoms with Crippen LogP contribution in [0.1, 0.15) is 44.9 Å². The molecule has 19 heavy (non-hydrogen) atoms. The van der Waals surface area contributed by atoms with Gasteiger partial charge in [-0.25, -0.2) is 0 Å². The van der Waals surface area contributed by atoms with Gasteiger partial charge in [-0.1, -0.05) is 25.7 Å². The van der Waals surface area contributed by atoms with Crippen LogP contribution in [0.5, 0.6) is 0 Å². The second kappa shape index (κ2) is 8.23. The summed E-state index contributed by atoms with van der Waals surface area (Å²) in [5.41, 5.74) is 0. The Hall–Kier alpha value is -0.120. The highest BCUT2D eigenvalue weighted by molar-refractivity contribution is 4.76. The van der Waals surface area contributed by atoms with Gasteiger partial charge in [-0.2, -0.15) is 0 Å². The Morgan fingerprint density at radius 1 is 1.11 bits per heavy atom. The Balaban J connectivity index is 1.54. The number of rotatable bonds is 6. The Morgan fingerprint density at radius 3 is 2.47 bits per heavy atom. The highest BCUT2D eigenvalue weighted by Gasteiger charge is 2.20. The molecule has 1 heterocycles. The van der Waals surface area contributed by atoms with Crippen LogP contribution in [-0.2, 0) is 0 Å². The van der Waals surface area contributed by atoms with Crippen molar-refractivity contribution in [2.45, 2.75) is 51.0 Å². The largest absolute Gasteiger partial charge is 0.313 e. The molecule has 1 unspecified atom stereocenters. The van der Waals surface area contributed by atoms with Gasteiger partial charge in [0, 0.05) is 32.2 Å². The molecule has 1 saturated carbocycles. The molecule has 1 saturated heterocycles. The van der Waals surface area contributed by atoms with Gasteiger partial charge in [0.25, 0.3) is 0 Å². The zero-order valence-electron chi connectivity index (χ0n) is 13.0. The first-order valence-electron chi connectivity index (χ1n) is 8.34. The minimum atomic E-state index is 0.800. The first-order valence-corrected chi connectivity index (χ1v) is 8.34. The number of nitrogens with zero attached hydrogens (tertiary/aromatic N) is 2. The van der Waals surface area contributed by atoms with Crippen molar-refractivity contribution in [2.75, 3.05) is 46.8 Å². The number of nitrogens with one attached hydrogen (secondary N) is 1. The van der Waals surface area contributed by atoms with E-state index in [-0.39, 0.29) is 0 Å². The smallest absolute Gasteiger partial charge is 0.0104 e. The summed E-state index contributed by atoms with van der Waals surface area (Å²) < 4.78 is 0. The summed E-state index contributed by atoms with van der Waals surface area (Å²) in [7, 11) is 4.53. The lowest BCUT2D eigenvalue weighted by Gasteiger charge is -2.23. The van der Waals surface area contributed by atoms with E-state index in [1.165, 1.54) is 77.7 Å². The van der Waals surface area contributed by atoms with Crippen molar-refractivity contribution in [3.8, 4) is 0 Å². The van der Waals surface area contributed by atoms with E-state index in [1.54, 1.807) is 0 Å². The number of hydrogen-bond donors (Lipinski definition) is 1. The Bertz CT molecular complexity index is 236. The van der Waals surface area contributed by atoms with Crippen molar-refractivity contribution in [1.82, 2.24) is 15.1 Å². The molecule has 2 rings (SSSR count). The fourth-order valence-electron chi connectivity index (χ4n) is 3.65. The van der Waals surface area contributed by atoms with Gasteiger partial charge in [0.1, 0.15) is 0 Å². The van der Waals surface area contributed by atoms with E-state index in [4.69, 9.17) is 0 Å². The summed E-state index contributed by atoms with van der Waals surface area (Å²) in [6, 6.07) is 0.800. The molecule has 1 N–H and O–H groups in total. The first-order chi connectivity index (χ1) is 9.24. The molecule has 2 fully saturated rings. The summed E-state index contributed by atoms with van der Waals surface area (Å²) in [5.74, 6) is 0.896. The van der Waals surface area contributed by atoms with Crippen molar-refractivity contribution in [2.24, 2.45) is 5.92 Å². The molecule has 112 valence electrons.